The molecule has 7 heteroatoms. The Bertz CT molecular complexity index is 444. The van der Waals surface area contributed by atoms with Crippen molar-refractivity contribution in [2.75, 3.05) is 6.61 Å². The maximum atomic E-state index is 11.2. The Hall–Kier alpha value is -1.99. The van der Waals surface area contributed by atoms with Crippen LogP contribution in [0, 0.1) is 0 Å². The monoisotopic (exact) mass is 269 g/mol. The summed E-state index contributed by atoms with van der Waals surface area (Å²) in [5, 5.41) is 27.9. The number of hydrogen-bond donors (Lipinski definition) is 3. The SMILES string of the molecule is CCOC(=O)C(O)C(O)c1ccc(CC(=O)O)nc1. The van der Waals surface area contributed by atoms with E-state index in [9.17, 15) is 19.8 Å². The lowest BCUT2D eigenvalue weighted by Crippen LogP contribution is -2.30. The first-order valence-electron chi connectivity index (χ1n) is 5.65. The smallest absolute Gasteiger partial charge is 0.338 e. The van der Waals surface area contributed by atoms with Crippen LogP contribution in [0.5, 0.6) is 0 Å². The quantitative estimate of drug-likeness (QED) is 0.605. The number of hydrogen-bond acceptors (Lipinski definition) is 6. The third kappa shape index (κ3) is 4.31. The van der Waals surface area contributed by atoms with Gasteiger partial charge in [-0.25, -0.2) is 4.79 Å². The van der Waals surface area contributed by atoms with Gasteiger partial charge in [-0.3, -0.25) is 9.78 Å². The number of esters is 1. The number of aliphatic hydroxyl groups excluding tert-OH is 2. The highest BCUT2D eigenvalue weighted by molar-refractivity contribution is 5.75. The summed E-state index contributed by atoms with van der Waals surface area (Å²) in [7, 11) is 0. The number of rotatable bonds is 6. The van der Waals surface area contributed by atoms with E-state index in [2.05, 4.69) is 9.72 Å². The lowest BCUT2D eigenvalue weighted by atomic mass is 10.1. The molecule has 0 aliphatic rings. The second-order valence-corrected chi connectivity index (χ2v) is 3.80. The topological polar surface area (TPSA) is 117 Å². The molecular formula is C12H15NO6. The molecule has 0 radical (unpaired) electrons. The highest BCUT2D eigenvalue weighted by atomic mass is 16.5. The van der Waals surface area contributed by atoms with Crippen LogP contribution in [0.1, 0.15) is 24.3 Å². The van der Waals surface area contributed by atoms with Gasteiger partial charge in [-0.2, -0.15) is 0 Å². The van der Waals surface area contributed by atoms with Gasteiger partial charge in [0.1, 0.15) is 6.10 Å². The second kappa shape index (κ2) is 6.81. The molecule has 2 atom stereocenters. The van der Waals surface area contributed by atoms with Gasteiger partial charge in [-0.15, -0.1) is 0 Å². The first-order chi connectivity index (χ1) is 8.95. The normalized spacial score (nSPS) is 13.6. The van der Waals surface area contributed by atoms with Crippen LogP contribution in [0.15, 0.2) is 18.3 Å². The van der Waals surface area contributed by atoms with Crippen LogP contribution in [-0.4, -0.2) is 45.0 Å². The summed E-state index contributed by atoms with van der Waals surface area (Å²) < 4.78 is 4.58. The fourth-order valence-corrected chi connectivity index (χ4v) is 1.41. The summed E-state index contributed by atoms with van der Waals surface area (Å²) in [6, 6.07) is 2.81. The average Bonchev–Trinajstić information content (AvgIpc) is 2.37. The van der Waals surface area contributed by atoms with Gasteiger partial charge in [0, 0.05) is 11.8 Å². The van der Waals surface area contributed by atoms with Crippen molar-refractivity contribution >= 4 is 11.9 Å². The highest BCUT2D eigenvalue weighted by Crippen LogP contribution is 2.17. The van der Waals surface area contributed by atoms with Gasteiger partial charge < -0.3 is 20.1 Å². The minimum absolute atomic E-state index is 0.0956. The maximum absolute atomic E-state index is 11.2. The van der Waals surface area contributed by atoms with Crippen LogP contribution in [0.2, 0.25) is 0 Å². The van der Waals surface area contributed by atoms with Gasteiger partial charge in [0.15, 0.2) is 6.10 Å². The molecule has 104 valence electrons. The predicted molar refractivity (Wildman–Crippen MR) is 63.2 cm³/mol. The Labute approximate surface area is 109 Å². The zero-order chi connectivity index (χ0) is 14.4. The Kier molecular flexibility index (Phi) is 5.40. The number of carbonyl (C=O) groups is 2. The van der Waals surface area contributed by atoms with Crippen LogP contribution >= 0.6 is 0 Å². The minimum atomic E-state index is -1.70. The van der Waals surface area contributed by atoms with Crippen molar-refractivity contribution in [2.24, 2.45) is 0 Å². The predicted octanol–water partition coefficient (Wildman–Crippen LogP) is -0.334. The molecule has 0 saturated heterocycles. The summed E-state index contributed by atoms with van der Waals surface area (Å²) in [4.78, 5) is 25.5. The van der Waals surface area contributed by atoms with Crippen molar-refractivity contribution in [2.45, 2.75) is 25.6 Å². The van der Waals surface area contributed by atoms with Crippen molar-refractivity contribution in [3.8, 4) is 0 Å². The number of aliphatic hydroxyl groups is 2. The van der Waals surface area contributed by atoms with Gasteiger partial charge >= 0.3 is 11.9 Å². The molecule has 0 amide bonds. The van der Waals surface area contributed by atoms with E-state index in [1.165, 1.54) is 18.3 Å². The zero-order valence-corrected chi connectivity index (χ0v) is 10.3. The largest absolute Gasteiger partial charge is 0.481 e. The Balaban J connectivity index is 2.74. The van der Waals surface area contributed by atoms with E-state index in [0.29, 0.717) is 5.69 Å². The molecule has 1 heterocycles. The first kappa shape index (κ1) is 15.1. The minimum Gasteiger partial charge on any atom is -0.481 e. The molecule has 0 fully saturated rings. The highest BCUT2D eigenvalue weighted by Gasteiger charge is 2.27. The van der Waals surface area contributed by atoms with Crippen LogP contribution in [0.25, 0.3) is 0 Å². The number of aliphatic carboxylic acids is 1. The van der Waals surface area contributed by atoms with E-state index in [-0.39, 0.29) is 18.6 Å². The summed E-state index contributed by atoms with van der Waals surface area (Å²) in [6.07, 6.45) is -2.19. The van der Waals surface area contributed by atoms with Crippen LogP contribution in [0.4, 0.5) is 0 Å². The maximum Gasteiger partial charge on any atom is 0.338 e. The van der Waals surface area contributed by atoms with E-state index in [0.717, 1.165) is 0 Å². The van der Waals surface area contributed by atoms with Gasteiger partial charge in [0.05, 0.1) is 18.7 Å². The van der Waals surface area contributed by atoms with E-state index in [1.807, 2.05) is 0 Å². The summed E-state index contributed by atoms with van der Waals surface area (Å²) in [5.41, 5.74) is 0.517. The number of carboxylic acid groups (broad SMARTS) is 1. The van der Waals surface area contributed by atoms with Crippen LogP contribution in [-0.2, 0) is 20.7 Å². The van der Waals surface area contributed by atoms with E-state index in [1.54, 1.807) is 6.92 Å². The Morgan fingerprint density at radius 3 is 2.53 bits per heavy atom. The molecule has 0 aromatic carbocycles. The second-order valence-electron chi connectivity index (χ2n) is 3.80. The van der Waals surface area contributed by atoms with Gasteiger partial charge in [0.2, 0.25) is 0 Å². The molecule has 0 saturated carbocycles. The lowest BCUT2D eigenvalue weighted by Gasteiger charge is -2.16. The summed E-state index contributed by atoms with van der Waals surface area (Å²) >= 11 is 0. The molecule has 19 heavy (non-hydrogen) atoms. The number of carbonyl (C=O) groups excluding carboxylic acids is 1. The van der Waals surface area contributed by atoms with Gasteiger partial charge in [0.25, 0.3) is 0 Å². The molecule has 0 aliphatic heterocycles. The molecule has 1 aromatic rings. The Morgan fingerprint density at radius 1 is 1.37 bits per heavy atom. The summed E-state index contributed by atoms with van der Waals surface area (Å²) in [6.45, 7) is 1.68. The third-order valence-corrected chi connectivity index (χ3v) is 2.35. The Morgan fingerprint density at radius 2 is 2.05 bits per heavy atom. The molecular weight excluding hydrogens is 254 g/mol. The van der Waals surface area contributed by atoms with E-state index in [4.69, 9.17) is 5.11 Å². The van der Waals surface area contributed by atoms with Crippen molar-refractivity contribution in [1.82, 2.24) is 4.98 Å². The third-order valence-electron chi connectivity index (χ3n) is 2.35. The molecule has 0 spiro atoms. The van der Waals surface area contributed by atoms with E-state index < -0.39 is 24.1 Å². The molecule has 3 N–H and O–H groups in total. The van der Waals surface area contributed by atoms with E-state index >= 15 is 0 Å². The fraction of sp³-hybridized carbons (Fsp3) is 0.417. The number of nitrogens with zero attached hydrogens (tertiary/aromatic N) is 1. The number of pyridine rings is 1. The molecule has 2 unspecified atom stereocenters. The fourth-order valence-electron chi connectivity index (χ4n) is 1.41. The van der Waals surface area contributed by atoms with Crippen LogP contribution < -0.4 is 0 Å². The zero-order valence-electron chi connectivity index (χ0n) is 10.3. The average molecular weight is 269 g/mol. The lowest BCUT2D eigenvalue weighted by molar-refractivity contribution is -0.159. The molecule has 7 nitrogen and oxygen atoms in total. The molecule has 1 rings (SSSR count). The van der Waals surface area contributed by atoms with Crippen molar-refractivity contribution in [3.05, 3.63) is 29.6 Å². The molecule has 0 bridgehead atoms. The first-order valence-corrected chi connectivity index (χ1v) is 5.65. The number of carboxylic acids is 1. The molecule has 0 aliphatic carbocycles. The standard InChI is InChI=1S/C12H15NO6/c1-2-19-12(18)11(17)10(16)7-3-4-8(13-6-7)5-9(14)15/h3-4,6,10-11,16-17H,2,5H2,1H3,(H,14,15). The van der Waals surface area contributed by atoms with Crippen LogP contribution in [0.3, 0.4) is 0 Å². The van der Waals surface area contributed by atoms with Gasteiger partial charge in [-0.05, 0) is 13.0 Å². The van der Waals surface area contributed by atoms with Crippen molar-refractivity contribution in [3.63, 3.8) is 0 Å². The van der Waals surface area contributed by atoms with Crippen molar-refractivity contribution in [1.29, 1.82) is 0 Å². The number of aromatic nitrogens is 1. The number of ether oxygens (including phenoxy) is 1. The summed E-state index contributed by atoms with van der Waals surface area (Å²) in [5.74, 6) is -1.95. The van der Waals surface area contributed by atoms with Gasteiger partial charge in [-0.1, -0.05) is 6.07 Å². The molecule has 1 aromatic heterocycles. The van der Waals surface area contributed by atoms with Crippen molar-refractivity contribution < 1.29 is 29.6 Å².